The third kappa shape index (κ3) is 4.17. The van der Waals surface area contributed by atoms with Crippen LogP contribution in [0.15, 0.2) is 72.9 Å². The number of methoxy groups -OCH3 is 1. The molecule has 3 aromatic rings. The molecule has 4 nitrogen and oxygen atoms in total. The fraction of sp³-hybridized carbons (Fsp3) is 0.190. The summed E-state index contributed by atoms with van der Waals surface area (Å²) >= 11 is 0. The Kier molecular flexibility index (Phi) is 5.31. The standard InChI is InChI=1S/C21H22N2O2/c1-25-21(24)12-11-18(22)13-17-15-23(14-16-7-3-2-4-8-16)20-10-6-5-9-19(17)20/h2-12,15,18H,13-14,22H2,1H3/b12-11+/t18-/m0/s1. The molecule has 1 heterocycles. The van der Waals surface area contributed by atoms with Crippen molar-refractivity contribution >= 4 is 16.9 Å². The van der Waals surface area contributed by atoms with Crippen LogP contribution < -0.4 is 5.73 Å². The molecule has 0 aliphatic carbocycles. The van der Waals surface area contributed by atoms with E-state index in [1.165, 1.54) is 35.2 Å². The highest BCUT2D eigenvalue weighted by Gasteiger charge is 2.11. The van der Waals surface area contributed by atoms with Gasteiger partial charge in [-0.25, -0.2) is 4.79 Å². The maximum atomic E-state index is 11.2. The molecular formula is C21H22N2O2. The van der Waals surface area contributed by atoms with E-state index in [1.807, 2.05) is 18.2 Å². The Bertz CT molecular complexity index is 881. The molecule has 0 fully saturated rings. The van der Waals surface area contributed by atoms with E-state index >= 15 is 0 Å². The number of hydrogen-bond donors (Lipinski definition) is 1. The topological polar surface area (TPSA) is 57.2 Å². The average Bonchev–Trinajstić information content (AvgIpc) is 2.98. The van der Waals surface area contributed by atoms with Crippen LogP contribution in [0.3, 0.4) is 0 Å². The van der Waals surface area contributed by atoms with E-state index in [0.29, 0.717) is 6.42 Å². The lowest BCUT2D eigenvalue weighted by atomic mass is 10.1. The number of carbonyl (C=O) groups is 1. The van der Waals surface area contributed by atoms with Crippen LogP contribution in [0.25, 0.3) is 10.9 Å². The van der Waals surface area contributed by atoms with Gasteiger partial charge in [0.15, 0.2) is 0 Å². The summed E-state index contributed by atoms with van der Waals surface area (Å²) in [6.07, 6.45) is 5.89. The summed E-state index contributed by atoms with van der Waals surface area (Å²) in [6, 6.07) is 18.5. The predicted molar refractivity (Wildman–Crippen MR) is 100 cm³/mol. The molecule has 0 radical (unpaired) electrons. The van der Waals surface area contributed by atoms with E-state index in [4.69, 9.17) is 5.73 Å². The van der Waals surface area contributed by atoms with Gasteiger partial charge in [0.2, 0.25) is 0 Å². The molecule has 1 aromatic heterocycles. The number of aromatic nitrogens is 1. The Morgan fingerprint density at radius 3 is 2.64 bits per heavy atom. The molecule has 128 valence electrons. The lowest BCUT2D eigenvalue weighted by Crippen LogP contribution is -2.20. The summed E-state index contributed by atoms with van der Waals surface area (Å²) in [5, 5.41) is 1.19. The van der Waals surface area contributed by atoms with Gasteiger partial charge in [0.1, 0.15) is 0 Å². The van der Waals surface area contributed by atoms with Crippen LogP contribution in [-0.4, -0.2) is 23.7 Å². The first-order valence-corrected chi connectivity index (χ1v) is 8.30. The van der Waals surface area contributed by atoms with Crippen molar-refractivity contribution in [1.29, 1.82) is 0 Å². The highest BCUT2D eigenvalue weighted by molar-refractivity contribution is 5.84. The molecule has 0 amide bonds. The van der Waals surface area contributed by atoms with Gasteiger partial charge in [-0.2, -0.15) is 0 Å². The first-order chi connectivity index (χ1) is 12.2. The second-order valence-electron chi connectivity index (χ2n) is 6.04. The molecule has 0 aliphatic rings. The van der Waals surface area contributed by atoms with Gasteiger partial charge in [-0.3, -0.25) is 0 Å². The minimum Gasteiger partial charge on any atom is -0.466 e. The third-order valence-electron chi connectivity index (χ3n) is 4.20. The zero-order valence-corrected chi connectivity index (χ0v) is 14.3. The van der Waals surface area contributed by atoms with Gasteiger partial charge in [-0.1, -0.05) is 54.6 Å². The lowest BCUT2D eigenvalue weighted by molar-refractivity contribution is -0.134. The van der Waals surface area contributed by atoms with Gasteiger partial charge in [0.25, 0.3) is 0 Å². The highest BCUT2D eigenvalue weighted by atomic mass is 16.5. The second kappa shape index (κ2) is 7.81. The van der Waals surface area contributed by atoms with Gasteiger partial charge in [0, 0.05) is 35.8 Å². The van der Waals surface area contributed by atoms with Crippen LogP contribution in [0.4, 0.5) is 0 Å². The fourth-order valence-corrected chi connectivity index (χ4v) is 2.99. The van der Waals surface area contributed by atoms with E-state index in [9.17, 15) is 4.79 Å². The van der Waals surface area contributed by atoms with Crippen molar-refractivity contribution < 1.29 is 9.53 Å². The van der Waals surface area contributed by atoms with Crippen molar-refractivity contribution in [3.63, 3.8) is 0 Å². The molecule has 25 heavy (non-hydrogen) atoms. The molecule has 1 atom stereocenters. The number of nitrogens with zero attached hydrogens (tertiary/aromatic N) is 1. The van der Waals surface area contributed by atoms with Gasteiger partial charge in [-0.05, 0) is 23.6 Å². The number of para-hydroxylation sites is 1. The van der Waals surface area contributed by atoms with Crippen molar-refractivity contribution in [3.05, 3.63) is 84.1 Å². The van der Waals surface area contributed by atoms with Gasteiger partial charge in [-0.15, -0.1) is 0 Å². The zero-order valence-electron chi connectivity index (χ0n) is 14.3. The van der Waals surface area contributed by atoms with Gasteiger partial charge in [0.05, 0.1) is 7.11 Å². The van der Waals surface area contributed by atoms with Crippen LogP contribution >= 0.6 is 0 Å². The van der Waals surface area contributed by atoms with Crippen LogP contribution in [0.1, 0.15) is 11.1 Å². The summed E-state index contributed by atoms with van der Waals surface area (Å²) in [7, 11) is 1.36. The Balaban J connectivity index is 1.86. The number of ether oxygens (including phenoxy) is 1. The minimum absolute atomic E-state index is 0.241. The Morgan fingerprint density at radius 2 is 1.88 bits per heavy atom. The van der Waals surface area contributed by atoms with Crippen molar-refractivity contribution in [1.82, 2.24) is 4.57 Å². The highest BCUT2D eigenvalue weighted by Crippen LogP contribution is 2.23. The molecule has 0 spiro atoms. The SMILES string of the molecule is COC(=O)/C=C/[C@H](N)Cc1cn(Cc2ccccc2)c2ccccc12. The van der Waals surface area contributed by atoms with E-state index in [0.717, 1.165) is 6.54 Å². The van der Waals surface area contributed by atoms with Crippen LogP contribution in [0.5, 0.6) is 0 Å². The summed E-state index contributed by atoms with van der Waals surface area (Å²) < 4.78 is 6.85. The molecule has 2 N–H and O–H groups in total. The van der Waals surface area contributed by atoms with Crippen molar-refractivity contribution in [2.24, 2.45) is 5.73 Å². The average molecular weight is 334 g/mol. The third-order valence-corrected chi connectivity index (χ3v) is 4.20. The number of carbonyl (C=O) groups excluding carboxylic acids is 1. The number of hydrogen-bond acceptors (Lipinski definition) is 3. The Labute approximate surface area is 147 Å². The van der Waals surface area contributed by atoms with Gasteiger partial charge < -0.3 is 15.0 Å². The maximum absolute atomic E-state index is 11.2. The molecule has 0 aliphatic heterocycles. The largest absolute Gasteiger partial charge is 0.466 e. The minimum atomic E-state index is -0.387. The van der Waals surface area contributed by atoms with Crippen LogP contribution in [-0.2, 0) is 22.5 Å². The predicted octanol–water partition coefficient (Wildman–Crippen LogP) is 3.29. The molecule has 3 rings (SSSR count). The molecule has 2 aromatic carbocycles. The van der Waals surface area contributed by atoms with Crippen LogP contribution in [0, 0.1) is 0 Å². The van der Waals surface area contributed by atoms with E-state index in [2.05, 4.69) is 51.9 Å². The summed E-state index contributed by atoms with van der Waals surface area (Å²) in [4.78, 5) is 11.2. The van der Waals surface area contributed by atoms with E-state index < -0.39 is 0 Å². The quantitative estimate of drug-likeness (QED) is 0.556. The molecule has 0 unspecified atom stereocenters. The number of esters is 1. The molecular weight excluding hydrogens is 312 g/mol. The maximum Gasteiger partial charge on any atom is 0.330 e. The number of rotatable bonds is 6. The normalized spacial score (nSPS) is 12.6. The molecule has 0 saturated carbocycles. The van der Waals surface area contributed by atoms with E-state index in [-0.39, 0.29) is 12.0 Å². The number of fused-ring (bicyclic) bond motifs is 1. The summed E-state index contributed by atoms with van der Waals surface area (Å²) in [5.41, 5.74) is 9.77. The van der Waals surface area contributed by atoms with Crippen molar-refractivity contribution in [3.8, 4) is 0 Å². The first-order valence-electron chi connectivity index (χ1n) is 8.30. The van der Waals surface area contributed by atoms with Gasteiger partial charge >= 0.3 is 5.97 Å². The molecule has 0 bridgehead atoms. The first kappa shape index (κ1) is 17.0. The Hall–Kier alpha value is -2.85. The van der Waals surface area contributed by atoms with Crippen molar-refractivity contribution in [2.45, 2.75) is 19.0 Å². The molecule has 0 saturated heterocycles. The Morgan fingerprint density at radius 1 is 1.16 bits per heavy atom. The number of benzene rings is 2. The molecule has 4 heteroatoms. The van der Waals surface area contributed by atoms with Crippen molar-refractivity contribution in [2.75, 3.05) is 7.11 Å². The van der Waals surface area contributed by atoms with E-state index in [1.54, 1.807) is 6.08 Å². The van der Waals surface area contributed by atoms with Crippen LogP contribution in [0.2, 0.25) is 0 Å². The lowest BCUT2D eigenvalue weighted by Gasteiger charge is -2.05. The second-order valence-corrected chi connectivity index (χ2v) is 6.04. The fourth-order valence-electron chi connectivity index (χ4n) is 2.99. The zero-order chi connectivity index (χ0) is 17.6. The monoisotopic (exact) mass is 334 g/mol. The smallest absolute Gasteiger partial charge is 0.330 e. The summed E-state index contributed by atoms with van der Waals surface area (Å²) in [6.45, 7) is 0.814. The summed E-state index contributed by atoms with van der Waals surface area (Å²) in [5.74, 6) is -0.387. The number of nitrogens with two attached hydrogens (primary N) is 1.